The average Bonchev–Trinajstić information content (AvgIpc) is 3.13. The zero-order chi connectivity index (χ0) is 20.1. The fraction of sp³-hybridized carbons (Fsp3) is 0.238. The Morgan fingerprint density at radius 2 is 1.68 bits per heavy atom. The van der Waals surface area contributed by atoms with Crippen LogP contribution in [0.5, 0.6) is 0 Å². The molecule has 0 bridgehead atoms. The summed E-state index contributed by atoms with van der Waals surface area (Å²) in [6.07, 6.45) is 0.0110. The Morgan fingerprint density at radius 3 is 2.32 bits per heavy atom. The van der Waals surface area contributed by atoms with Crippen LogP contribution in [0.4, 0.5) is 5.69 Å². The predicted molar refractivity (Wildman–Crippen MR) is 100.0 cm³/mol. The first-order valence-electron chi connectivity index (χ1n) is 8.73. The molecule has 1 amide bonds. The van der Waals surface area contributed by atoms with Gasteiger partial charge in [-0.25, -0.2) is 4.79 Å². The number of carbonyl (C=O) groups is 4. The van der Waals surface area contributed by atoms with Crippen LogP contribution in [0, 0.1) is 5.92 Å². The van der Waals surface area contributed by atoms with E-state index < -0.39 is 17.9 Å². The van der Waals surface area contributed by atoms with Crippen LogP contribution >= 0.6 is 0 Å². The highest BCUT2D eigenvalue weighted by Gasteiger charge is 2.36. The van der Waals surface area contributed by atoms with Crippen molar-refractivity contribution in [2.45, 2.75) is 6.42 Å². The molecule has 0 spiro atoms. The van der Waals surface area contributed by atoms with E-state index in [0.717, 1.165) is 0 Å². The Hall–Kier alpha value is -3.48. The van der Waals surface area contributed by atoms with E-state index in [1.807, 2.05) is 0 Å². The molecule has 3 rings (SSSR count). The molecular formula is C21H19NO6. The van der Waals surface area contributed by atoms with Crippen molar-refractivity contribution in [3.63, 3.8) is 0 Å². The van der Waals surface area contributed by atoms with Crippen molar-refractivity contribution < 1.29 is 28.7 Å². The van der Waals surface area contributed by atoms with Crippen LogP contribution in [-0.4, -0.2) is 43.9 Å². The fourth-order valence-corrected chi connectivity index (χ4v) is 2.97. The molecule has 1 heterocycles. The van der Waals surface area contributed by atoms with Crippen molar-refractivity contribution in [2.24, 2.45) is 5.92 Å². The van der Waals surface area contributed by atoms with E-state index in [9.17, 15) is 19.2 Å². The van der Waals surface area contributed by atoms with E-state index in [2.05, 4.69) is 4.74 Å². The molecular weight excluding hydrogens is 362 g/mol. The van der Waals surface area contributed by atoms with Crippen molar-refractivity contribution >= 4 is 29.3 Å². The molecule has 1 saturated heterocycles. The molecule has 0 N–H and O–H groups in total. The van der Waals surface area contributed by atoms with Crippen LogP contribution in [-0.2, 0) is 19.1 Å². The van der Waals surface area contributed by atoms with Crippen LogP contribution in [0.25, 0.3) is 0 Å². The summed E-state index contributed by atoms with van der Waals surface area (Å²) in [6, 6.07) is 14.9. The summed E-state index contributed by atoms with van der Waals surface area (Å²) in [7, 11) is 1.29. The number of hydrogen-bond donors (Lipinski definition) is 0. The first-order valence-corrected chi connectivity index (χ1v) is 8.73. The second-order valence-corrected chi connectivity index (χ2v) is 6.34. The van der Waals surface area contributed by atoms with Gasteiger partial charge < -0.3 is 14.4 Å². The molecule has 28 heavy (non-hydrogen) atoms. The minimum atomic E-state index is -0.642. The third-order valence-corrected chi connectivity index (χ3v) is 4.50. The van der Waals surface area contributed by atoms with E-state index >= 15 is 0 Å². The SMILES string of the molecule is COC(=O)c1ccc(N2CC(C(=O)OCC(=O)c3ccccc3)CC2=O)cc1. The Labute approximate surface area is 161 Å². The standard InChI is InChI=1S/C21H19NO6/c1-27-20(25)15-7-9-17(10-8-15)22-12-16(11-19(22)24)21(26)28-13-18(23)14-5-3-2-4-6-14/h2-10,16H,11-13H2,1H3. The Kier molecular flexibility index (Phi) is 5.84. The number of ketones is 1. The van der Waals surface area contributed by atoms with E-state index in [1.54, 1.807) is 54.6 Å². The highest BCUT2D eigenvalue weighted by molar-refractivity contribution is 6.01. The lowest BCUT2D eigenvalue weighted by Gasteiger charge is -2.16. The normalized spacial score (nSPS) is 16.0. The molecule has 1 unspecified atom stereocenters. The van der Waals surface area contributed by atoms with Crippen LogP contribution in [0.3, 0.4) is 0 Å². The number of carbonyl (C=O) groups excluding carboxylic acids is 4. The highest BCUT2D eigenvalue weighted by atomic mass is 16.5. The average molecular weight is 381 g/mol. The quantitative estimate of drug-likeness (QED) is 0.563. The highest BCUT2D eigenvalue weighted by Crippen LogP contribution is 2.26. The number of anilines is 1. The number of rotatable bonds is 6. The minimum Gasteiger partial charge on any atom is -0.465 e. The lowest BCUT2D eigenvalue weighted by atomic mass is 10.1. The number of esters is 2. The maximum Gasteiger partial charge on any atom is 0.337 e. The smallest absolute Gasteiger partial charge is 0.337 e. The molecule has 1 fully saturated rings. The summed E-state index contributed by atoms with van der Waals surface area (Å²) in [5.41, 5.74) is 1.41. The molecule has 0 aliphatic carbocycles. The molecule has 0 saturated carbocycles. The second kappa shape index (κ2) is 8.47. The van der Waals surface area contributed by atoms with Gasteiger partial charge in [-0.2, -0.15) is 0 Å². The van der Waals surface area contributed by atoms with Gasteiger partial charge in [0.2, 0.25) is 5.91 Å². The summed E-state index contributed by atoms with van der Waals surface area (Å²) >= 11 is 0. The van der Waals surface area contributed by atoms with E-state index in [4.69, 9.17) is 4.74 Å². The van der Waals surface area contributed by atoms with Gasteiger partial charge in [-0.3, -0.25) is 14.4 Å². The zero-order valence-corrected chi connectivity index (χ0v) is 15.3. The number of nitrogens with zero attached hydrogens (tertiary/aromatic N) is 1. The van der Waals surface area contributed by atoms with Gasteiger partial charge in [0, 0.05) is 24.2 Å². The molecule has 144 valence electrons. The first-order chi connectivity index (χ1) is 13.5. The number of Topliss-reactive ketones (excluding diaryl/α,β-unsaturated/α-hetero) is 1. The third-order valence-electron chi connectivity index (χ3n) is 4.50. The van der Waals surface area contributed by atoms with Gasteiger partial charge in [0.15, 0.2) is 12.4 Å². The maximum absolute atomic E-state index is 12.3. The zero-order valence-electron chi connectivity index (χ0n) is 15.3. The summed E-state index contributed by atoms with van der Waals surface area (Å²) in [4.78, 5) is 49.5. The molecule has 2 aromatic rings. The molecule has 7 heteroatoms. The van der Waals surface area contributed by atoms with Crippen molar-refractivity contribution in [1.29, 1.82) is 0 Å². The summed E-state index contributed by atoms with van der Waals surface area (Å²) in [5, 5.41) is 0. The third kappa shape index (κ3) is 4.25. The fourth-order valence-electron chi connectivity index (χ4n) is 2.97. The largest absolute Gasteiger partial charge is 0.465 e. The number of methoxy groups -OCH3 is 1. The van der Waals surface area contributed by atoms with E-state index in [-0.39, 0.29) is 31.3 Å². The van der Waals surface area contributed by atoms with Crippen LogP contribution < -0.4 is 4.90 Å². The van der Waals surface area contributed by atoms with Crippen LogP contribution in [0.1, 0.15) is 27.1 Å². The Morgan fingerprint density at radius 1 is 1.00 bits per heavy atom. The van der Waals surface area contributed by atoms with Crippen molar-refractivity contribution in [1.82, 2.24) is 0 Å². The van der Waals surface area contributed by atoms with Gasteiger partial charge in [-0.05, 0) is 24.3 Å². The molecule has 0 aromatic heterocycles. The predicted octanol–water partition coefficient (Wildman–Crippen LogP) is 2.25. The van der Waals surface area contributed by atoms with Gasteiger partial charge in [-0.15, -0.1) is 0 Å². The lowest BCUT2D eigenvalue weighted by Crippen LogP contribution is -2.27. The molecule has 1 aliphatic rings. The number of hydrogen-bond acceptors (Lipinski definition) is 6. The first kappa shape index (κ1) is 19.3. The van der Waals surface area contributed by atoms with Crippen LogP contribution in [0.15, 0.2) is 54.6 Å². The summed E-state index contributed by atoms with van der Waals surface area (Å²) in [6.45, 7) is -0.198. The minimum absolute atomic E-state index is 0.0110. The molecule has 7 nitrogen and oxygen atoms in total. The molecule has 0 radical (unpaired) electrons. The summed E-state index contributed by atoms with van der Waals surface area (Å²) in [5.74, 6) is -2.21. The van der Waals surface area contributed by atoms with E-state index in [1.165, 1.54) is 12.0 Å². The van der Waals surface area contributed by atoms with Gasteiger partial charge in [0.25, 0.3) is 0 Å². The van der Waals surface area contributed by atoms with Gasteiger partial charge in [0.1, 0.15) is 0 Å². The van der Waals surface area contributed by atoms with Gasteiger partial charge >= 0.3 is 11.9 Å². The lowest BCUT2D eigenvalue weighted by molar-refractivity contribution is -0.147. The Bertz CT molecular complexity index is 891. The maximum atomic E-state index is 12.3. The number of amides is 1. The Balaban J connectivity index is 1.58. The van der Waals surface area contributed by atoms with Crippen molar-refractivity contribution in [2.75, 3.05) is 25.2 Å². The van der Waals surface area contributed by atoms with Gasteiger partial charge in [-0.1, -0.05) is 30.3 Å². The second-order valence-electron chi connectivity index (χ2n) is 6.34. The topological polar surface area (TPSA) is 90.0 Å². The van der Waals surface area contributed by atoms with Crippen molar-refractivity contribution in [3.05, 3.63) is 65.7 Å². The number of benzene rings is 2. The molecule has 1 aliphatic heterocycles. The van der Waals surface area contributed by atoms with Crippen molar-refractivity contribution in [3.8, 4) is 0 Å². The summed E-state index contributed by atoms with van der Waals surface area (Å²) < 4.78 is 9.75. The number of ether oxygens (including phenoxy) is 2. The monoisotopic (exact) mass is 381 g/mol. The van der Waals surface area contributed by atoms with Gasteiger partial charge in [0.05, 0.1) is 18.6 Å². The molecule has 2 aromatic carbocycles. The van der Waals surface area contributed by atoms with Crippen LogP contribution in [0.2, 0.25) is 0 Å². The molecule has 1 atom stereocenters. The van der Waals surface area contributed by atoms with E-state index in [0.29, 0.717) is 16.8 Å².